The molecule has 0 aliphatic rings. The molecule has 0 unspecified atom stereocenters. The van der Waals surface area contributed by atoms with E-state index in [4.69, 9.17) is 21.7 Å². The molecule has 0 radical (unpaired) electrons. The summed E-state index contributed by atoms with van der Waals surface area (Å²) in [5, 5.41) is 6.79. The molecule has 2 aromatic rings. The van der Waals surface area contributed by atoms with Crippen molar-refractivity contribution >= 4 is 39.1 Å². The first-order valence-corrected chi connectivity index (χ1v) is 9.38. The van der Waals surface area contributed by atoms with Crippen LogP contribution >= 0.6 is 28.1 Å². The highest BCUT2D eigenvalue weighted by atomic mass is 79.9. The summed E-state index contributed by atoms with van der Waals surface area (Å²) in [4.78, 5) is 4.23. The van der Waals surface area contributed by atoms with Crippen LogP contribution in [0.5, 0.6) is 11.5 Å². The molecule has 134 valence electrons. The Balaban J connectivity index is 1.92. The van der Waals surface area contributed by atoms with Gasteiger partial charge in [-0.05, 0) is 84.3 Å². The molecule has 0 aliphatic carbocycles. The Morgan fingerprint density at radius 3 is 2.72 bits per heavy atom. The molecule has 25 heavy (non-hydrogen) atoms. The number of halogens is 1. The van der Waals surface area contributed by atoms with Crippen molar-refractivity contribution in [3.8, 4) is 11.5 Å². The number of hydrogen-bond acceptors (Lipinski definition) is 4. The number of hydrogen-bond donors (Lipinski definition) is 2. The fraction of sp³-hybridized carbons (Fsp3) is 0.333. The SMILES string of the molecule is CCOc1ccc(OCC)c(CCNC(=S)Nc2ncccc2Br)c1. The Bertz CT molecular complexity index is 712. The van der Waals surface area contributed by atoms with Crippen LogP contribution in [-0.4, -0.2) is 29.9 Å². The number of anilines is 1. The number of nitrogens with zero attached hydrogens (tertiary/aromatic N) is 1. The van der Waals surface area contributed by atoms with Crippen LogP contribution in [0, 0.1) is 0 Å². The number of benzene rings is 1. The first kappa shape index (κ1) is 19.5. The number of aromatic nitrogens is 1. The van der Waals surface area contributed by atoms with Gasteiger partial charge in [-0.1, -0.05) is 0 Å². The second-order valence-electron chi connectivity index (χ2n) is 5.10. The van der Waals surface area contributed by atoms with E-state index in [1.165, 1.54) is 0 Å². The molecule has 0 bridgehead atoms. The number of rotatable bonds is 8. The third-order valence-electron chi connectivity index (χ3n) is 3.31. The van der Waals surface area contributed by atoms with E-state index in [-0.39, 0.29) is 0 Å². The van der Waals surface area contributed by atoms with E-state index in [1.807, 2.05) is 44.2 Å². The lowest BCUT2D eigenvalue weighted by Crippen LogP contribution is -2.30. The second kappa shape index (κ2) is 10.2. The normalized spacial score (nSPS) is 10.2. The summed E-state index contributed by atoms with van der Waals surface area (Å²) in [5.74, 6) is 2.41. The van der Waals surface area contributed by atoms with Gasteiger partial charge in [0.2, 0.25) is 0 Å². The van der Waals surface area contributed by atoms with Crippen molar-refractivity contribution in [1.82, 2.24) is 10.3 Å². The topological polar surface area (TPSA) is 55.4 Å². The van der Waals surface area contributed by atoms with Crippen molar-refractivity contribution in [1.29, 1.82) is 0 Å². The zero-order valence-corrected chi connectivity index (χ0v) is 16.7. The average molecular weight is 424 g/mol. The third-order valence-corrected chi connectivity index (χ3v) is 4.20. The summed E-state index contributed by atoms with van der Waals surface area (Å²) >= 11 is 8.76. The monoisotopic (exact) mass is 423 g/mol. The number of nitrogens with one attached hydrogen (secondary N) is 2. The highest BCUT2D eigenvalue weighted by Crippen LogP contribution is 2.25. The molecule has 0 atom stereocenters. The molecule has 5 nitrogen and oxygen atoms in total. The smallest absolute Gasteiger partial charge is 0.171 e. The maximum absolute atomic E-state index is 5.69. The fourth-order valence-corrected chi connectivity index (χ4v) is 2.80. The van der Waals surface area contributed by atoms with Gasteiger partial charge in [0.15, 0.2) is 5.11 Å². The molecule has 7 heteroatoms. The van der Waals surface area contributed by atoms with Gasteiger partial charge >= 0.3 is 0 Å². The zero-order chi connectivity index (χ0) is 18.1. The lowest BCUT2D eigenvalue weighted by molar-refractivity contribution is 0.327. The molecule has 0 saturated heterocycles. The van der Waals surface area contributed by atoms with Crippen LogP contribution in [0.2, 0.25) is 0 Å². The average Bonchev–Trinajstić information content (AvgIpc) is 2.59. The molecule has 0 saturated carbocycles. The largest absolute Gasteiger partial charge is 0.494 e. The van der Waals surface area contributed by atoms with Crippen molar-refractivity contribution in [2.75, 3.05) is 25.1 Å². The standard InChI is InChI=1S/C18H22BrN3O2S/c1-3-23-14-7-8-16(24-4-2)13(12-14)9-11-21-18(25)22-17-15(19)6-5-10-20-17/h5-8,10,12H,3-4,9,11H2,1-2H3,(H2,20,21,22,25). The zero-order valence-electron chi connectivity index (χ0n) is 14.3. The maximum Gasteiger partial charge on any atom is 0.171 e. The summed E-state index contributed by atoms with van der Waals surface area (Å²) in [5.41, 5.74) is 1.09. The Morgan fingerprint density at radius 2 is 2.00 bits per heavy atom. The van der Waals surface area contributed by atoms with E-state index < -0.39 is 0 Å². The summed E-state index contributed by atoms with van der Waals surface area (Å²) < 4.78 is 12.1. The van der Waals surface area contributed by atoms with Crippen LogP contribution in [0.25, 0.3) is 0 Å². The van der Waals surface area contributed by atoms with E-state index in [0.29, 0.717) is 30.7 Å². The molecule has 0 fully saturated rings. The van der Waals surface area contributed by atoms with Crippen molar-refractivity contribution in [2.24, 2.45) is 0 Å². The quantitative estimate of drug-likeness (QED) is 0.621. The van der Waals surface area contributed by atoms with Crippen LogP contribution in [-0.2, 0) is 6.42 Å². The molecule has 2 rings (SSSR count). The van der Waals surface area contributed by atoms with Gasteiger partial charge < -0.3 is 20.1 Å². The van der Waals surface area contributed by atoms with Gasteiger partial charge in [-0.15, -0.1) is 0 Å². The van der Waals surface area contributed by atoms with Crippen LogP contribution in [0.3, 0.4) is 0 Å². The van der Waals surface area contributed by atoms with Gasteiger partial charge in [0.1, 0.15) is 17.3 Å². The summed E-state index contributed by atoms with van der Waals surface area (Å²) in [6.07, 6.45) is 2.48. The number of thiocarbonyl (C=S) groups is 1. The molecular formula is C18H22BrN3O2S. The van der Waals surface area contributed by atoms with E-state index in [2.05, 4.69) is 31.5 Å². The van der Waals surface area contributed by atoms with Crippen LogP contribution in [0.4, 0.5) is 5.82 Å². The Hall–Kier alpha value is -1.86. The minimum absolute atomic E-state index is 0.526. The lowest BCUT2D eigenvalue weighted by Gasteiger charge is -2.14. The van der Waals surface area contributed by atoms with Gasteiger partial charge in [-0.2, -0.15) is 0 Å². The number of pyridine rings is 1. The fourth-order valence-electron chi connectivity index (χ4n) is 2.24. The Morgan fingerprint density at radius 1 is 1.20 bits per heavy atom. The summed E-state index contributed by atoms with van der Waals surface area (Å²) in [7, 11) is 0. The van der Waals surface area contributed by atoms with E-state index in [9.17, 15) is 0 Å². The molecule has 0 spiro atoms. The van der Waals surface area contributed by atoms with Crippen molar-refractivity contribution in [3.63, 3.8) is 0 Å². The molecular weight excluding hydrogens is 402 g/mol. The highest BCUT2D eigenvalue weighted by molar-refractivity contribution is 9.10. The van der Waals surface area contributed by atoms with E-state index in [1.54, 1.807) is 6.20 Å². The van der Waals surface area contributed by atoms with Crippen LogP contribution < -0.4 is 20.1 Å². The van der Waals surface area contributed by atoms with Gasteiger partial charge in [0.25, 0.3) is 0 Å². The maximum atomic E-state index is 5.69. The summed E-state index contributed by atoms with van der Waals surface area (Å²) in [6, 6.07) is 9.65. The molecule has 2 N–H and O–H groups in total. The lowest BCUT2D eigenvalue weighted by atomic mass is 10.1. The van der Waals surface area contributed by atoms with Crippen LogP contribution in [0.1, 0.15) is 19.4 Å². The second-order valence-corrected chi connectivity index (χ2v) is 6.36. The molecule has 0 aliphatic heterocycles. The van der Waals surface area contributed by atoms with Gasteiger partial charge in [-0.3, -0.25) is 0 Å². The minimum Gasteiger partial charge on any atom is -0.494 e. The van der Waals surface area contributed by atoms with Gasteiger partial charge in [0.05, 0.1) is 17.7 Å². The molecule has 1 heterocycles. The molecule has 0 amide bonds. The van der Waals surface area contributed by atoms with Crippen molar-refractivity contribution < 1.29 is 9.47 Å². The predicted molar refractivity (Wildman–Crippen MR) is 109 cm³/mol. The van der Waals surface area contributed by atoms with E-state index >= 15 is 0 Å². The van der Waals surface area contributed by atoms with Gasteiger partial charge in [0, 0.05) is 12.7 Å². The molecule has 1 aromatic carbocycles. The molecule has 1 aromatic heterocycles. The van der Waals surface area contributed by atoms with Gasteiger partial charge in [-0.25, -0.2) is 4.98 Å². The minimum atomic E-state index is 0.526. The summed E-state index contributed by atoms with van der Waals surface area (Å²) in [6.45, 7) is 5.88. The highest BCUT2D eigenvalue weighted by Gasteiger charge is 2.07. The Kier molecular flexibility index (Phi) is 7.94. The third kappa shape index (κ3) is 6.17. The first-order valence-electron chi connectivity index (χ1n) is 8.18. The first-order chi connectivity index (χ1) is 12.1. The van der Waals surface area contributed by atoms with Crippen LogP contribution in [0.15, 0.2) is 41.0 Å². The van der Waals surface area contributed by atoms with E-state index in [0.717, 1.165) is 28.0 Å². The van der Waals surface area contributed by atoms with Crippen molar-refractivity contribution in [2.45, 2.75) is 20.3 Å². The predicted octanol–water partition coefficient (Wildman–Crippen LogP) is 4.17. The van der Waals surface area contributed by atoms with Crippen molar-refractivity contribution in [3.05, 3.63) is 46.6 Å². The Labute approximate surface area is 162 Å². The number of ether oxygens (including phenoxy) is 2.